The van der Waals surface area contributed by atoms with Crippen molar-refractivity contribution in [1.82, 2.24) is 0 Å². The van der Waals surface area contributed by atoms with Crippen molar-refractivity contribution in [3.05, 3.63) is 64.3 Å². The Bertz CT molecular complexity index is 1110. The highest BCUT2D eigenvalue weighted by atomic mass is 16.5. The topological polar surface area (TPSA) is 74.2 Å². The number of hydrogen-bond donors (Lipinski definition) is 1. The van der Waals surface area contributed by atoms with Crippen LogP contribution in [0.5, 0.6) is 28.7 Å². The molecule has 1 aliphatic rings. The first-order valence-electron chi connectivity index (χ1n) is 11.4. The van der Waals surface area contributed by atoms with Gasteiger partial charge in [-0.2, -0.15) is 0 Å². The molecular weight excluding hydrogens is 432 g/mol. The van der Waals surface area contributed by atoms with Crippen LogP contribution in [0.2, 0.25) is 0 Å². The maximum atomic E-state index is 13.0. The average molecular weight is 467 g/mol. The van der Waals surface area contributed by atoms with E-state index in [2.05, 4.69) is 32.9 Å². The smallest absolute Gasteiger partial charge is 0.174 e. The molecule has 2 aromatic carbocycles. The van der Waals surface area contributed by atoms with Crippen LogP contribution < -0.4 is 18.9 Å². The van der Waals surface area contributed by atoms with E-state index in [1.54, 1.807) is 20.3 Å². The molecule has 1 N–H and O–H groups in total. The van der Waals surface area contributed by atoms with Crippen LogP contribution in [0, 0.1) is 0 Å². The van der Waals surface area contributed by atoms with Gasteiger partial charge in [0.1, 0.15) is 28.9 Å². The van der Waals surface area contributed by atoms with E-state index >= 15 is 0 Å². The highest BCUT2D eigenvalue weighted by Crippen LogP contribution is 2.45. The predicted molar refractivity (Wildman–Crippen MR) is 133 cm³/mol. The molecule has 0 spiro atoms. The minimum absolute atomic E-state index is 0.110. The minimum atomic E-state index is -0.527. The molecule has 0 fully saturated rings. The van der Waals surface area contributed by atoms with Crippen LogP contribution in [-0.4, -0.2) is 32.2 Å². The molecule has 182 valence electrons. The van der Waals surface area contributed by atoms with Crippen molar-refractivity contribution < 1.29 is 28.8 Å². The van der Waals surface area contributed by atoms with Gasteiger partial charge in [0.25, 0.3) is 0 Å². The summed E-state index contributed by atoms with van der Waals surface area (Å²) < 4.78 is 22.7. The molecule has 0 aromatic heterocycles. The summed E-state index contributed by atoms with van der Waals surface area (Å²) in [6.45, 7) is 6.33. The number of allylic oxidation sites excluding steroid dienone is 4. The Labute approximate surface area is 201 Å². The van der Waals surface area contributed by atoms with E-state index in [0.717, 1.165) is 24.0 Å². The van der Waals surface area contributed by atoms with Crippen molar-refractivity contribution in [1.29, 1.82) is 0 Å². The monoisotopic (exact) mass is 466 g/mol. The summed E-state index contributed by atoms with van der Waals surface area (Å²) in [5.41, 5.74) is 4.54. The van der Waals surface area contributed by atoms with E-state index in [0.29, 0.717) is 29.4 Å². The molecular formula is C28H34O6. The van der Waals surface area contributed by atoms with Crippen LogP contribution >= 0.6 is 0 Å². The molecule has 0 bridgehead atoms. The van der Waals surface area contributed by atoms with E-state index in [4.69, 9.17) is 18.9 Å². The molecule has 6 heteroatoms. The quantitative estimate of drug-likeness (QED) is 0.434. The van der Waals surface area contributed by atoms with E-state index in [1.807, 2.05) is 12.1 Å². The fraction of sp³-hybridized carbons (Fsp3) is 0.393. The average Bonchev–Trinajstić information content (AvgIpc) is 2.80. The lowest BCUT2D eigenvalue weighted by molar-refractivity contribution is 0.0843. The third-order valence-electron chi connectivity index (χ3n) is 5.99. The number of methoxy groups -OCH3 is 3. The molecule has 1 aliphatic heterocycles. The lowest BCUT2D eigenvalue weighted by atomic mass is 9.90. The summed E-state index contributed by atoms with van der Waals surface area (Å²) in [6.07, 6.45) is 6.58. The first kappa shape index (κ1) is 25.2. The molecule has 1 unspecified atom stereocenters. The number of rotatable bonds is 9. The number of phenols is 1. The van der Waals surface area contributed by atoms with Gasteiger partial charge in [0.15, 0.2) is 17.3 Å². The molecule has 0 radical (unpaired) electrons. The molecule has 0 saturated carbocycles. The van der Waals surface area contributed by atoms with Crippen molar-refractivity contribution in [2.24, 2.45) is 0 Å². The highest BCUT2D eigenvalue weighted by molar-refractivity contribution is 6.02. The molecule has 0 amide bonds. The Morgan fingerprint density at radius 2 is 1.85 bits per heavy atom. The van der Waals surface area contributed by atoms with Crippen molar-refractivity contribution >= 4 is 5.78 Å². The fourth-order valence-corrected chi connectivity index (χ4v) is 4.19. The third kappa shape index (κ3) is 5.56. The van der Waals surface area contributed by atoms with Gasteiger partial charge in [-0.1, -0.05) is 29.4 Å². The number of phenolic OH excluding ortho intramolecular Hbond substituents is 1. The lowest BCUT2D eigenvalue weighted by Crippen LogP contribution is -2.22. The molecule has 3 rings (SSSR count). The van der Waals surface area contributed by atoms with E-state index < -0.39 is 6.10 Å². The minimum Gasteiger partial charge on any atom is -0.507 e. The maximum absolute atomic E-state index is 13.0. The van der Waals surface area contributed by atoms with Crippen molar-refractivity contribution in [2.45, 2.75) is 52.6 Å². The van der Waals surface area contributed by atoms with Gasteiger partial charge in [0.2, 0.25) is 0 Å². The Balaban J connectivity index is 1.99. The second kappa shape index (κ2) is 11.1. The zero-order valence-corrected chi connectivity index (χ0v) is 20.9. The van der Waals surface area contributed by atoms with Gasteiger partial charge in [-0.05, 0) is 46.1 Å². The van der Waals surface area contributed by atoms with E-state index in [-0.39, 0.29) is 23.5 Å². The summed E-state index contributed by atoms with van der Waals surface area (Å²) in [4.78, 5) is 13.0. The van der Waals surface area contributed by atoms with Crippen LogP contribution in [0.1, 0.15) is 67.6 Å². The van der Waals surface area contributed by atoms with E-state index in [1.165, 1.54) is 24.3 Å². The lowest BCUT2D eigenvalue weighted by Gasteiger charge is -2.28. The highest BCUT2D eigenvalue weighted by Gasteiger charge is 2.33. The molecule has 1 atom stereocenters. The van der Waals surface area contributed by atoms with Crippen molar-refractivity contribution in [2.75, 3.05) is 21.3 Å². The molecule has 6 nitrogen and oxygen atoms in total. The second-order valence-corrected chi connectivity index (χ2v) is 8.70. The summed E-state index contributed by atoms with van der Waals surface area (Å²) in [6, 6.07) is 6.80. The number of ether oxygens (including phenoxy) is 4. The second-order valence-electron chi connectivity index (χ2n) is 8.70. The number of ketones is 1. The number of carbonyl (C=O) groups is 1. The number of aromatic hydroxyl groups is 1. The summed E-state index contributed by atoms with van der Waals surface area (Å²) >= 11 is 0. The third-order valence-corrected chi connectivity index (χ3v) is 5.99. The van der Waals surface area contributed by atoms with Crippen LogP contribution in [-0.2, 0) is 6.42 Å². The van der Waals surface area contributed by atoms with Crippen LogP contribution in [0.25, 0.3) is 0 Å². The number of hydrogen-bond acceptors (Lipinski definition) is 6. The van der Waals surface area contributed by atoms with Gasteiger partial charge < -0.3 is 24.1 Å². The fourth-order valence-electron chi connectivity index (χ4n) is 4.19. The van der Waals surface area contributed by atoms with Gasteiger partial charge in [0.05, 0.1) is 27.8 Å². The number of fused-ring (bicyclic) bond motifs is 1. The molecule has 0 aliphatic carbocycles. The Hall–Kier alpha value is -3.41. The first-order valence-corrected chi connectivity index (χ1v) is 11.4. The van der Waals surface area contributed by atoms with Crippen LogP contribution in [0.4, 0.5) is 0 Å². The largest absolute Gasteiger partial charge is 0.507 e. The Morgan fingerprint density at radius 1 is 1.09 bits per heavy atom. The van der Waals surface area contributed by atoms with E-state index in [9.17, 15) is 9.90 Å². The van der Waals surface area contributed by atoms with Gasteiger partial charge in [-0.25, -0.2) is 0 Å². The zero-order valence-electron chi connectivity index (χ0n) is 20.9. The molecule has 1 heterocycles. The van der Waals surface area contributed by atoms with Crippen molar-refractivity contribution in [3.63, 3.8) is 0 Å². The Morgan fingerprint density at radius 3 is 2.50 bits per heavy atom. The summed E-state index contributed by atoms with van der Waals surface area (Å²) in [5, 5.41) is 10.3. The maximum Gasteiger partial charge on any atom is 0.174 e. The summed E-state index contributed by atoms with van der Waals surface area (Å²) in [7, 11) is 4.72. The molecule has 0 saturated heterocycles. The number of carbonyl (C=O) groups excluding carboxylic acids is 1. The first-order chi connectivity index (χ1) is 16.3. The molecule has 34 heavy (non-hydrogen) atoms. The SMILES string of the molecule is COc1cc(O)c2c(c1)OC(c1ccc(OC)c(OC)c1CC=C(C)CCC=C(C)C)CC2=O. The normalized spacial score (nSPS) is 15.3. The van der Waals surface area contributed by atoms with Gasteiger partial charge in [-0.15, -0.1) is 0 Å². The predicted octanol–water partition coefficient (Wildman–Crippen LogP) is 6.36. The number of benzene rings is 2. The number of Topliss-reactive ketones (excluding diaryl/α,β-unsaturated/α-hetero) is 1. The van der Waals surface area contributed by atoms with Crippen molar-refractivity contribution in [3.8, 4) is 28.7 Å². The van der Waals surface area contributed by atoms with Gasteiger partial charge in [0, 0.05) is 23.3 Å². The zero-order chi connectivity index (χ0) is 24.8. The Kier molecular flexibility index (Phi) is 8.26. The molecule has 2 aromatic rings. The standard InChI is InChI=1S/C28H34O6/c1-17(2)8-7-9-18(3)10-11-21-20(12-13-24(32-5)28(21)33-6)25-16-23(30)27-22(29)14-19(31-4)15-26(27)34-25/h8,10,12-15,25,29H,7,9,11,16H2,1-6H3. The van der Waals surface area contributed by atoms with Gasteiger partial charge >= 0.3 is 0 Å². The van der Waals surface area contributed by atoms with Crippen LogP contribution in [0.3, 0.4) is 0 Å². The van der Waals surface area contributed by atoms with Crippen LogP contribution in [0.15, 0.2) is 47.6 Å². The summed E-state index contributed by atoms with van der Waals surface area (Å²) in [5.74, 6) is 1.67. The van der Waals surface area contributed by atoms with Gasteiger partial charge in [-0.3, -0.25) is 4.79 Å².